The van der Waals surface area contributed by atoms with Crippen molar-refractivity contribution < 1.29 is 75.0 Å². The Hall–Kier alpha value is -2.22. The Morgan fingerprint density at radius 2 is 0.909 bits per heavy atom. The maximum atomic E-state index is 13.6. The summed E-state index contributed by atoms with van der Waals surface area (Å²) in [6.45, 7) is 0. The molecule has 0 aromatic carbocycles. The Kier molecular flexibility index (Phi) is 6.68. The maximum absolute atomic E-state index is 13.6. The zero-order valence-electron chi connectivity index (χ0n) is 14.3. The van der Waals surface area contributed by atoms with Crippen molar-refractivity contribution in [1.82, 2.24) is 14.9 Å². The summed E-state index contributed by atoms with van der Waals surface area (Å²) in [4.78, 5) is 11.1. The highest BCUT2D eigenvalue weighted by molar-refractivity contribution is 6.22. The molecule has 1 aromatic heterocycles. The van der Waals surface area contributed by atoms with Crippen molar-refractivity contribution in [3.63, 3.8) is 0 Å². The van der Waals surface area contributed by atoms with Crippen molar-refractivity contribution in [3.8, 4) is 0 Å². The number of rotatable bonds is 9. The number of alkyl halides is 17. The number of halogens is 17. The Morgan fingerprint density at radius 1 is 0.606 bits per heavy atom. The Labute approximate surface area is 173 Å². The first-order chi connectivity index (χ1) is 14.2. The van der Waals surface area contributed by atoms with Crippen LogP contribution in [0.25, 0.3) is 0 Å². The number of hydrogen-bond donors (Lipinski definition) is 1. The van der Waals surface area contributed by atoms with E-state index in [1.165, 1.54) is 0 Å². The summed E-state index contributed by atoms with van der Waals surface area (Å²) < 4.78 is 212. The lowest BCUT2D eigenvalue weighted by atomic mass is 9.89. The Bertz CT molecular complexity index is 864. The van der Waals surface area contributed by atoms with Gasteiger partial charge in [0, 0.05) is 0 Å². The van der Waals surface area contributed by atoms with Gasteiger partial charge in [-0.2, -0.15) is 70.2 Å². The molecule has 1 aromatic rings. The van der Waals surface area contributed by atoms with Gasteiger partial charge in [-0.15, -0.1) is 10.2 Å². The van der Waals surface area contributed by atoms with Crippen LogP contribution in [0.5, 0.6) is 0 Å². The largest absolute Gasteiger partial charge is 0.394 e. The van der Waals surface area contributed by atoms with Gasteiger partial charge in [0.05, 0.1) is 0 Å². The van der Waals surface area contributed by atoms with Crippen molar-refractivity contribution in [2.45, 2.75) is 46.8 Å². The van der Waals surface area contributed by atoms with E-state index >= 15 is 0 Å². The predicted octanol–water partition coefficient (Wildman–Crippen LogP) is 4.63. The molecule has 22 heteroatoms. The number of amides is 1. The van der Waals surface area contributed by atoms with Crippen LogP contribution in [0, 0.1) is 0 Å². The molecule has 1 heterocycles. The molecule has 0 radical (unpaired) electrons. The summed E-state index contributed by atoms with van der Waals surface area (Å²) >= 11 is 3.39. The van der Waals surface area contributed by atoms with Crippen LogP contribution in [0.2, 0.25) is 0 Å². The Balaban J connectivity index is 3.57. The fourth-order valence-electron chi connectivity index (χ4n) is 1.75. The zero-order chi connectivity index (χ0) is 26.7. The van der Waals surface area contributed by atoms with Crippen LogP contribution in [-0.4, -0.2) is 67.6 Å². The number of aromatic nitrogens is 3. The molecule has 1 rings (SSSR count). The van der Waals surface area contributed by atoms with Gasteiger partial charge in [-0.1, -0.05) is 0 Å². The van der Waals surface area contributed by atoms with Crippen LogP contribution >= 0.6 is 11.6 Å². The van der Waals surface area contributed by atoms with E-state index in [1.807, 2.05) is 0 Å². The Morgan fingerprint density at radius 3 is 1.24 bits per heavy atom. The van der Waals surface area contributed by atoms with Crippen LogP contribution in [0.15, 0.2) is 12.7 Å². The zero-order valence-corrected chi connectivity index (χ0v) is 15.1. The summed E-state index contributed by atoms with van der Waals surface area (Å²) in [7, 11) is 0. The van der Waals surface area contributed by atoms with E-state index in [2.05, 4.69) is 21.8 Å². The van der Waals surface area contributed by atoms with Crippen molar-refractivity contribution >= 4 is 17.5 Å². The van der Waals surface area contributed by atoms with E-state index in [-0.39, 0.29) is 17.3 Å². The van der Waals surface area contributed by atoms with Gasteiger partial charge in [0.25, 0.3) is 0 Å². The van der Waals surface area contributed by atoms with Crippen molar-refractivity contribution in [2.75, 3.05) is 5.43 Å². The van der Waals surface area contributed by atoms with Crippen LogP contribution in [0.4, 0.5) is 70.2 Å². The lowest BCUT2D eigenvalue weighted by molar-refractivity contribution is -0.445. The average molecular weight is 547 g/mol. The molecular weight excluding hydrogens is 544 g/mol. The quantitative estimate of drug-likeness (QED) is 0.363. The summed E-state index contributed by atoms with van der Waals surface area (Å²) in [6, 6.07) is 0. The third kappa shape index (κ3) is 3.80. The second-order valence-electron chi connectivity index (χ2n) is 5.83. The molecule has 0 unspecified atom stereocenters. The molecule has 0 spiro atoms. The number of hydrogen-bond acceptors (Lipinski definition) is 3. The molecular formula is C11H3ClF16N4O. The molecule has 192 valence electrons. The van der Waals surface area contributed by atoms with Gasteiger partial charge in [0.2, 0.25) is 0 Å². The molecule has 0 bridgehead atoms. The first kappa shape index (κ1) is 28.8. The minimum atomic E-state index is -8.64. The molecule has 0 saturated heterocycles. The highest BCUT2D eigenvalue weighted by Crippen LogP contribution is 2.64. The highest BCUT2D eigenvalue weighted by atomic mass is 35.5. The first-order valence-corrected chi connectivity index (χ1v) is 7.50. The van der Waals surface area contributed by atoms with Gasteiger partial charge >= 0.3 is 52.7 Å². The van der Waals surface area contributed by atoms with Crippen molar-refractivity contribution in [1.29, 1.82) is 0 Å². The minimum Gasteiger partial charge on any atom is -0.266 e. The lowest BCUT2D eigenvalue weighted by Gasteiger charge is -2.42. The van der Waals surface area contributed by atoms with Gasteiger partial charge in [-0.05, 0) is 11.6 Å². The van der Waals surface area contributed by atoms with Gasteiger partial charge < -0.3 is 0 Å². The number of carbonyl (C=O) groups is 1. The maximum Gasteiger partial charge on any atom is 0.394 e. The van der Waals surface area contributed by atoms with E-state index < -0.39 is 52.7 Å². The standard InChI is InChI=1S/C11H3ClF16N4O/c12-11(27,28)10(25,26)9(23,24)8(21,22)7(19,20)6(17,18)5(15,16)4(13,14)3(33)31-32-1-29-30-2-32/h1-2H,(H,31,33). The number of nitrogens with one attached hydrogen (secondary N) is 1. The van der Waals surface area contributed by atoms with Gasteiger partial charge in [-0.25, -0.2) is 4.68 Å². The lowest BCUT2D eigenvalue weighted by Crippen LogP contribution is -2.75. The molecule has 0 aliphatic carbocycles. The van der Waals surface area contributed by atoms with E-state index in [4.69, 9.17) is 0 Å². The average Bonchev–Trinajstić information content (AvgIpc) is 3.12. The number of carbonyl (C=O) groups excluding carboxylic acids is 1. The molecule has 1 amide bonds. The SMILES string of the molecule is O=C(Nn1cnnc1)C(F)(F)C(F)(F)C(F)(F)C(F)(F)C(F)(F)C(F)(F)C(F)(F)C(F)(F)Cl. The second-order valence-corrected chi connectivity index (χ2v) is 6.30. The molecule has 0 saturated carbocycles. The fourth-order valence-corrected chi connectivity index (χ4v) is 1.87. The normalized spacial score (nSPS) is 15.5. The van der Waals surface area contributed by atoms with Crippen molar-refractivity contribution in [3.05, 3.63) is 12.7 Å². The van der Waals surface area contributed by atoms with Crippen LogP contribution in [0.3, 0.4) is 0 Å². The van der Waals surface area contributed by atoms with Crippen LogP contribution < -0.4 is 5.43 Å². The molecule has 0 fully saturated rings. The third-order valence-electron chi connectivity index (χ3n) is 3.66. The molecule has 1 N–H and O–H groups in total. The van der Waals surface area contributed by atoms with Crippen LogP contribution in [-0.2, 0) is 4.79 Å². The molecule has 0 aliphatic heterocycles. The minimum absolute atomic E-state index is 0.186. The molecule has 33 heavy (non-hydrogen) atoms. The summed E-state index contributed by atoms with van der Waals surface area (Å²) in [6.07, 6.45) is 0.421. The highest BCUT2D eigenvalue weighted by Gasteiger charge is 2.95. The molecule has 0 aliphatic rings. The van der Waals surface area contributed by atoms with Gasteiger partial charge in [0.15, 0.2) is 0 Å². The van der Waals surface area contributed by atoms with E-state index in [0.717, 1.165) is 0 Å². The van der Waals surface area contributed by atoms with E-state index in [0.29, 0.717) is 5.43 Å². The van der Waals surface area contributed by atoms with Gasteiger partial charge in [-0.3, -0.25) is 10.2 Å². The topological polar surface area (TPSA) is 59.8 Å². The number of nitrogens with zero attached hydrogens (tertiary/aromatic N) is 3. The molecule has 0 atom stereocenters. The summed E-state index contributed by atoms with van der Waals surface area (Å²) in [5, 5.41) is -1.30. The first-order valence-electron chi connectivity index (χ1n) is 7.12. The van der Waals surface area contributed by atoms with E-state index in [9.17, 15) is 75.0 Å². The van der Waals surface area contributed by atoms with Crippen LogP contribution in [0.1, 0.15) is 0 Å². The fraction of sp³-hybridized carbons (Fsp3) is 0.727. The van der Waals surface area contributed by atoms with Crippen molar-refractivity contribution in [2.24, 2.45) is 0 Å². The monoisotopic (exact) mass is 546 g/mol. The van der Waals surface area contributed by atoms with Gasteiger partial charge in [0.1, 0.15) is 12.7 Å². The smallest absolute Gasteiger partial charge is 0.266 e. The summed E-state index contributed by atoms with van der Waals surface area (Å²) in [5.74, 6) is -60.8. The predicted molar refractivity (Wildman–Crippen MR) is 69.8 cm³/mol. The summed E-state index contributed by atoms with van der Waals surface area (Å²) in [5.41, 5.74) is 0.577. The van der Waals surface area contributed by atoms with E-state index in [1.54, 1.807) is 0 Å². The third-order valence-corrected chi connectivity index (χ3v) is 3.89. The molecule has 5 nitrogen and oxygen atoms in total. The second kappa shape index (κ2) is 7.65.